The van der Waals surface area contributed by atoms with Crippen molar-refractivity contribution in [3.63, 3.8) is 0 Å². The molecule has 1 aliphatic heterocycles. The van der Waals surface area contributed by atoms with E-state index in [1.807, 2.05) is 0 Å². The normalized spacial score (nSPS) is 21.9. The second-order valence-corrected chi connectivity index (χ2v) is 6.83. The van der Waals surface area contributed by atoms with Crippen molar-refractivity contribution in [3.8, 4) is 0 Å². The Balaban J connectivity index is 2.35. The fraction of sp³-hybridized carbons (Fsp3) is 0.538. The van der Waals surface area contributed by atoms with Gasteiger partial charge in [-0.1, -0.05) is 11.6 Å². The van der Waals surface area contributed by atoms with Crippen LogP contribution in [0.1, 0.15) is 33.3 Å². The van der Waals surface area contributed by atoms with E-state index < -0.39 is 0 Å². The molecule has 1 aromatic rings. The summed E-state index contributed by atoms with van der Waals surface area (Å²) in [6.07, 6.45) is 0. The highest BCUT2D eigenvalue weighted by Gasteiger charge is 2.52. The summed E-state index contributed by atoms with van der Waals surface area (Å²) in [5.41, 5.74) is 1.80. The van der Waals surface area contributed by atoms with E-state index in [-0.39, 0.29) is 18.3 Å². The summed E-state index contributed by atoms with van der Waals surface area (Å²) in [5, 5.41) is 0. The van der Waals surface area contributed by atoms with Gasteiger partial charge in [0.25, 0.3) is 0 Å². The van der Waals surface area contributed by atoms with Gasteiger partial charge in [0.2, 0.25) is 0 Å². The summed E-state index contributed by atoms with van der Waals surface area (Å²) in [4.78, 5) is 0. The van der Waals surface area contributed by atoms with Crippen molar-refractivity contribution in [2.24, 2.45) is 0 Å². The van der Waals surface area contributed by atoms with Crippen molar-refractivity contribution in [1.82, 2.24) is 0 Å². The van der Waals surface area contributed by atoms with Crippen LogP contribution in [0.25, 0.3) is 0 Å². The van der Waals surface area contributed by atoms with E-state index in [9.17, 15) is 0 Å². The van der Waals surface area contributed by atoms with Crippen LogP contribution in [0.5, 0.6) is 0 Å². The standard InChI is InChI=1S/C13H18BIO2/c1-9-6-7-10(15)8-11(9)14-16-12(2,3)13(4,5)17-14/h6-8H,1-5H3. The molecule has 0 amide bonds. The molecule has 1 fully saturated rings. The highest BCUT2D eigenvalue weighted by atomic mass is 127. The van der Waals surface area contributed by atoms with Gasteiger partial charge in [0.15, 0.2) is 0 Å². The molecule has 4 heteroatoms. The van der Waals surface area contributed by atoms with E-state index in [1.165, 1.54) is 9.13 Å². The van der Waals surface area contributed by atoms with Gasteiger partial charge in [-0.15, -0.1) is 0 Å². The first-order valence-electron chi connectivity index (χ1n) is 5.85. The molecule has 17 heavy (non-hydrogen) atoms. The van der Waals surface area contributed by atoms with Crippen LogP contribution in [0.2, 0.25) is 0 Å². The van der Waals surface area contributed by atoms with Gasteiger partial charge in [-0.2, -0.15) is 0 Å². The van der Waals surface area contributed by atoms with Crippen molar-refractivity contribution in [3.05, 3.63) is 27.3 Å². The number of benzene rings is 1. The van der Waals surface area contributed by atoms with Crippen molar-refractivity contribution >= 4 is 35.2 Å². The van der Waals surface area contributed by atoms with Crippen molar-refractivity contribution in [1.29, 1.82) is 0 Å². The molecule has 1 aromatic carbocycles. The lowest BCUT2D eigenvalue weighted by molar-refractivity contribution is 0.00578. The van der Waals surface area contributed by atoms with Crippen LogP contribution in [0.4, 0.5) is 0 Å². The predicted octanol–water partition coefficient (Wildman–Crippen LogP) is 2.90. The molecule has 92 valence electrons. The number of hydrogen-bond acceptors (Lipinski definition) is 2. The summed E-state index contributed by atoms with van der Waals surface area (Å²) in [7, 11) is -0.255. The molecule has 1 aliphatic rings. The van der Waals surface area contributed by atoms with Gasteiger partial charge >= 0.3 is 7.12 Å². The lowest BCUT2D eigenvalue weighted by Crippen LogP contribution is -2.41. The number of hydrogen-bond donors (Lipinski definition) is 0. The van der Waals surface area contributed by atoms with Gasteiger partial charge in [-0.3, -0.25) is 0 Å². The third-order valence-corrected chi connectivity index (χ3v) is 4.42. The minimum absolute atomic E-state index is 0.255. The summed E-state index contributed by atoms with van der Waals surface area (Å²) in [6, 6.07) is 6.35. The maximum absolute atomic E-state index is 6.06. The number of rotatable bonds is 1. The monoisotopic (exact) mass is 344 g/mol. The van der Waals surface area contributed by atoms with E-state index in [1.54, 1.807) is 0 Å². The Morgan fingerprint density at radius 2 is 1.59 bits per heavy atom. The zero-order chi connectivity index (χ0) is 12.8. The SMILES string of the molecule is Cc1ccc(I)cc1B1OC(C)(C)C(C)(C)O1. The van der Waals surface area contributed by atoms with Crippen LogP contribution in [-0.2, 0) is 9.31 Å². The Labute approximate surface area is 117 Å². The minimum atomic E-state index is -0.272. The average molecular weight is 344 g/mol. The van der Waals surface area contributed by atoms with E-state index in [0.717, 1.165) is 5.46 Å². The summed E-state index contributed by atoms with van der Waals surface area (Å²) in [6.45, 7) is 10.4. The predicted molar refractivity (Wildman–Crippen MR) is 79.6 cm³/mol. The topological polar surface area (TPSA) is 18.5 Å². The fourth-order valence-corrected chi connectivity index (χ4v) is 2.35. The summed E-state index contributed by atoms with van der Waals surface area (Å²) >= 11 is 2.32. The zero-order valence-corrected chi connectivity index (χ0v) is 13.2. The highest BCUT2D eigenvalue weighted by molar-refractivity contribution is 14.1. The quantitative estimate of drug-likeness (QED) is 0.576. The average Bonchev–Trinajstić information content (AvgIpc) is 2.40. The van der Waals surface area contributed by atoms with Gasteiger partial charge in [0, 0.05) is 3.57 Å². The van der Waals surface area contributed by atoms with Gasteiger partial charge in [0.1, 0.15) is 0 Å². The zero-order valence-electron chi connectivity index (χ0n) is 11.0. The first-order chi connectivity index (χ1) is 7.73. The van der Waals surface area contributed by atoms with Gasteiger partial charge < -0.3 is 9.31 Å². The van der Waals surface area contributed by atoms with Crippen LogP contribution < -0.4 is 5.46 Å². The molecule has 0 radical (unpaired) electrons. The minimum Gasteiger partial charge on any atom is -0.399 e. The van der Waals surface area contributed by atoms with Crippen molar-refractivity contribution < 1.29 is 9.31 Å². The van der Waals surface area contributed by atoms with Crippen LogP contribution in [0.15, 0.2) is 18.2 Å². The molecule has 1 heterocycles. The molecule has 0 bridgehead atoms. The molecule has 1 saturated heterocycles. The Hall–Kier alpha value is -0.0651. The van der Waals surface area contributed by atoms with Crippen LogP contribution in [0, 0.1) is 10.5 Å². The van der Waals surface area contributed by atoms with Crippen molar-refractivity contribution in [2.75, 3.05) is 0 Å². The van der Waals surface area contributed by atoms with E-state index in [4.69, 9.17) is 9.31 Å². The molecule has 0 aromatic heterocycles. The summed E-state index contributed by atoms with van der Waals surface area (Å²) < 4.78 is 13.3. The molecule has 2 rings (SSSR count). The third kappa shape index (κ3) is 2.40. The molecule has 2 nitrogen and oxygen atoms in total. The Kier molecular flexibility index (Phi) is 3.34. The largest absolute Gasteiger partial charge is 0.495 e. The Morgan fingerprint density at radius 1 is 1.06 bits per heavy atom. The first-order valence-corrected chi connectivity index (χ1v) is 6.92. The maximum atomic E-state index is 6.06. The summed E-state index contributed by atoms with van der Waals surface area (Å²) in [5.74, 6) is 0. The molecular weight excluding hydrogens is 326 g/mol. The van der Waals surface area contributed by atoms with Gasteiger partial charge in [-0.05, 0) is 74.8 Å². The molecule has 0 aliphatic carbocycles. The lowest BCUT2D eigenvalue weighted by Gasteiger charge is -2.32. The van der Waals surface area contributed by atoms with E-state index in [0.29, 0.717) is 0 Å². The molecule has 0 N–H and O–H groups in total. The highest BCUT2D eigenvalue weighted by Crippen LogP contribution is 2.36. The third-order valence-electron chi connectivity index (χ3n) is 3.75. The smallest absolute Gasteiger partial charge is 0.399 e. The lowest BCUT2D eigenvalue weighted by atomic mass is 9.76. The Bertz CT molecular complexity index is 427. The molecular formula is C13H18BIO2. The van der Waals surface area contributed by atoms with Crippen LogP contribution in [-0.4, -0.2) is 18.3 Å². The van der Waals surface area contributed by atoms with Gasteiger partial charge in [0.05, 0.1) is 11.2 Å². The fourth-order valence-electron chi connectivity index (χ4n) is 1.84. The van der Waals surface area contributed by atoms with Crippen molar-refractivity contribution in [2.45, 2.75) is 45.8 Å². The number of halogens is 1. The van der Waals surface area contributed by atoms with Crippen LogP contribution in [0.3, 0.4) is 0 Å². The molecule has 0 atom stereocenters. The molecule has 0 saturated carbocycles. The second-order valence-electron chi connectivity index (χ2n) is 5.59. The van der Waals surface area contributed by atoms with Gasteiger partial charge in [-0.25, -0.2) is 0 Å². The first kappa shape index (κ1) is 13.4. The second kappa shape index (κ2) is 4.25. The molecule has 0 unspecified atom stereocenters. The Morgan fingerprint density at radius 3 is 2.12 bits per heavy atom. The number of aryl methyl sites for hydroxylation is 1. The maximum Gasteiger partial charge on any atom is 0.495 e. The molecule has 0 spiro atoms. The van der Waals surface area contributed by atoms with E-state index in [2.05, 4.69) is 75.4 Å². The van der Waals surface area contributed by atoms with E-state index >= 15 is 0 Å². The van der Waals surface area contributed by atoms with Crippen LogP contribution >= 0.6 is 22.6 Å².